The van der Waals surface area contributed by atoms with Crippen LogP contribution in [0.15, 0.2) is 46.9 Å². The fourth-order valence-corrected chi connectivity index (χ4v) is 5.64. The number of aryl methyl sites for hydroxylation is 2. The van der Waals surface area contributed by atoms with Gasteiger partial charge in [0.05, 0.1) is 24.3 Å². The zero-order valence-electron chi connectivity index (χ0n) is 21.0. The highest BCUT2D eigenvalue weighted by Gasteiger charge is 2.45. The molecule has 0 fully saturated rings. The van der Waals surface area contributed by atoms with Crippen LogP contribution in [0.2, 0.25) is 5.02 Å². The number of ether oxygens (including phenoxy) is 2. The number of methoxy groups -OCH3 is 1. The van der Waals surface area contributed by atoms with E-state index < -0.39 is 28.0 Å². The average molecular weight is 666 g/mol. The van der Waals surface area contributed by atoms with Crippen molar-refractivity contribution in [2.75, 3.05) is 13.7 Å². The molecule has 1 aromatic heterocycles. The first kappa shape index (κ1) is 30.1. The van der Waals surface area contributed by atoms with Crippen LogP contribution in [0.4, 0.5) is 17.6 Å². The number of hydrogen-bond donors (Lipinski definition) is 1. The number of carbonyl (C=O) groups excluding carboxylic acids is 1. The molecule has 14 heteroatoms. The Balaban J connectivity index is 1.68. The number of rotatable bonds is 9. The Morgan fingerprint density at radius 3 is 2.55 bits per heavy atom. The third-order valence-electron chi connectivity index (χ3n) is 6.15. The minimum absolute atomic E-state index is 0.0447. The molecule has 4 rings (SSSR count). The number of esters is 1. The summed E-state index contributed by atoms with van der Waals surface area (Å²) in [4.78, 5) is 12.9. The molecule has 1 N–H and O–H groups in total. The van der Waals surface area contributed by atoms with Gasteiger partial charge in [-0.05, 0) is 76.6 Å². The summed E-state index contributed by atoms with van der Waals surface area (Å²) < 4.78 is 90.3. The van der Waals surface area contributed by atoms with E-state index in [1.54, 1.807) is 12.1 Å². The summed E-state index contributed by atoms with van der Waals surface area (Å²) in [7, 11) is -4.60. The molecule has 3 aromatic carbocycles. The van der Waals surface area contributed by atoms with Crippen LogP contribution in [0.25, 0.3) is 21.7 Å². The maximum Gasteiger partial charge on any atom is 0.511 e. The smallest absolute Gasteiger partial charge is 0.493 e. The van der Waals surface area contributed by atoms with Crippen molar-refractivity contribution < 1.29 is 40.2 Å². The zero-order valence-corrected chi connectivity index (χ0v) is 24.2. The van der Waals surface area contributed by atoms with E-state index >= 15 is 0 Å². The Hall–Kier alpha value is -2.87. The Labute approximate surface area is 240 Å². The molecule has 214 valence electrons. The fraction of sp³-hybridized carbons (Fsp3) is 0.269. The zero-order chi connectivity index (χ0) is 29.4. The number of nitrogens with one attached hydrogen (secondary N) is 1. The first-order chi connectivity index (χ1) is 18.7. The number of sulfonamides is 1. The van der Waals surface area contributed by atoms with Crippen LogP contribution in [0.1, 0.15) is 28.0 Å². The summed E-state index contributed by atoms with van der Waals surface area (Å²) >= 11 is 9.54. The molecule has 0 aliphatic carbocycles. The number of fused-ring (bicyclic) bond motifs is 2. The van der Waals surface area contributed by atoms with Crippen LogP contribution in [-0.2, 0) is 27.8 Å². The summed E-state index contributed by atoms with van der Waals surface area (Å²) in [5.74, 6) is -0.719. The largest absolute Gasteiger partial charge is 0.511 e. The van der Waals surface area contributed by atoms with Crippen molar-refractivity contribution in [1.29, 1.82) is 0 Å². The normalized spacial score (nSPS) is 12.3. The van der Waals surface area contributed by atoms with Crippen LogP contribution in [0.5, 0.6) is 5.75 Å². The standard InChI is InChI=1S/C26H22BrClF4N2O5S/c1-14-10-15-12-16(29)4-5-17(15)21(11-14)39-9-3-8-34-20-7-6-19(28)23(27)22(20)18(24(34)25(35)38-2)13-33-40(36,37)26(30,31)32/h4-7,10-12,33H,3,8-9,13H2,1-2H3. The van der Waals surface area contributed by atoms with E-state index in [4.69, 9.17) is 21.1 Å². The first-order valence-electron chi connectivity index (χ1n) is 11.7. The minimum Gasteiger partial charge on any atom is -0.493 e. The van der Waals surface area contributed by atoms with Crippen molar-refractivity contribution in [2.45, 2.75) is 31.9 Å². The van der Waals surface area contributed by atoms with Gasteiger partial charge >= 0.3 is 21.5 Å². The van der Waals surface area contributed by atoms with Crippen molar-refractivity contribution in [2.24, 2.45) is 0 Å². The molecule has 0 aliphatic heterocycles. The van der Waals surface area contributed by atoms with E-state index in [0.29, 0.717) is 28.5 Å². The van der Waals surface area contributed by atoms with Crippen molar-refractivity contribution in [3.63, 3.8) is 0 Å². The van der Waals surface area contributed by atoms with Crippen LogP contribution < -0.4 is 9.46 Å². The number of alkyl halides is 3. The van der Waals surface area contributed by atoms with E-state index in [9.17, 15) is 30.8 Å². The van der Waals surface area contributed by atoms with Crippen molar-refractivity contribution in [3.8, 4) is 5.75 Å². The molecule has 0 amide bonds. The Bertz CT molecular complexity index is 1720. The van der Waals surface area contributed by atoms with Crippen LogP contribution >= 0.6 is 27.5 Å². The van der Waals surface area contributed by atoms with E-state index in [-0.39, 0.29) is 45.1 Å². The lowest BCUT2D eigenvalue weighted by Gasteiger charge is -2.14. The van der Waals surface area contributed by atoms with Gasteiger partial charge in [-0.2, -0.15) is 13.2 Å². The van der Waals surface area contributed by atoms with Crippen LogP contribution in [-0.4, -0.2) is 38.2 Å². The lowest BCUT2D eigenvalue weighted by atomic mass is 10.1. The third-order valence-corrected chi connectivity index (χ3v) is 8.65. The molecule has 0 aliphatic rings. The number of halogens is 6. The SMILES string of the molecule is COC(=O)c1c(CNS(=O)(=O)C(F)(F)F)c2c(Br)c(Cl)ccc2n1CCCOc1cc(C)cc2cc(F)ccc12. The average Bonchev–Trinajstić information content (AvgIpc) is 3.19. The number of nitrogens with zero attached hydrogens (tertiary/aromatic N) is 1. The number of aromatic nitrogens is 1. The van der Waals surface area contributed by atoms with Gasteiger partial charge in [0.1, 0.15) is 17.3 Å². The third kappa shape index (κ3) is 5.92. The number of benzene rings is 3. The Kier molecular flexibility index (Phi) is 8.69. The first-order valence-corrected chi connectivity index (χ1v) is 14.4. The predicted octanol–water partition coefficient (Wildman–Crippen LogP) is 6.85. The van der Waals surface area contributed by atoms with Gasteiger partial charge < -0.3 is 14.0 Å². The van der Waals surface area contributed by atoms with Gasteiger partial charge in [-0.25, -0.2) is 22.3 Å². The summed E-state index contributed by atoms with van der Waals surface area (Å²) in [5.41, 5.74) is -4.45. The highest BCUT2D eigenvalue weighted by atomic mass is 79.9. The maximum absolute atomic E-state index is 13.7. The van der Waals surface area contributed by atoms with Crippen molar-refractivity contribution >= 4 is 65.2 Å². The van der Waals surface area contributed by atoms with Crippen LogP contribution in [0, 0.1) is 12.7 Å². The van der Waals surface area contributed by atoms with Gasteiger partial charge in [0.2, 0.25) is 0 Å². The van der Waals surface area contributed by atoms with E-state index in [1.807, 2.05) is 19.1 Å². The van der Waals surface area contributed by atoms with Gasteiger partial charge in [0, 0.05) is 33.9 Å². The molecule has 0 saturated heterocycles. The lowest BCUT2D eigenvalue weighted by molar-refractivity contribution is -0.0448. The second-order valence-corrected chi connectivity index (χ2v) is 11.8. The second-order valence-electron chi connectivity index (χ2n) is 8.83. The van der Waals surface area contributed by atoms with Gasteiger partial charge in [0.25, 0.3) is 0 Å². The van der Waals surface area contributed by atoms with Crippen molar-refractivity contribution in [1.82, 2.24) is 9.29 Å². The molecular formula is C26H22BrClF4N2O5S. The van der Waals surface area contributed by atoms with Gasteiger partial charge in [-0.3, -0.25) is 0 Å². The Morgan fingerprint density at radius 2 is 1.88 bits per heavy atom. The van der Waals surface area contributed by atoms with E-state index in [2.05, 4.69) is 15.9 Å². The maximum atomic E-state index is 13.7. The molecule has 1 heterocycles. The predicted molar refractivity (Wildman–Crippen MR) is 147 cm³/mol. The van der Waals surface area contributed by atoms with Gasteiger partial charge in [-0.15, -0.1) is 0 Å². The van der Waals surface area contributed by atoms with Gasteiger partial charge in [0.15, 0.2) is 0 Å². The summed E-state index contributed by atoms with van der Waals surface area (Å²) in [5, 5.41) is 1.84. The Morgan fingerprint density at radius 1 is 1.15 bits per heavy atom. The molecule has 0 atom stereocenters. The van der Waals surface area contributed by atoms with Gasteiger partial charge in [-0.1, -0.05) is 17.7 Å². The monoisotopic (exact) mass is 664 g/mol. The quantitative estimate of drug-likeness (QED) is 0.120. The minimum atomic E-state index is -5.71. The summed E-state index contributed by atoms with van der Waals surface area (Å²) in [6, 6.07) is 11.1. The molecular weight excluding hydrogens is 644 g/mol. The molecule has 0 bridgehead atoms. The number of hydrogen-bond acceptors (Lipinski definition) is 5. The topological polar surface area (TPSA) is 86.6 Å². The molecule has 7 nitrogen and oxygen atoms in total. The molecule has 0 spiro atoms. The molecule has 4 aromatic rings. The summed E-state index contributed by atoms with van der Waals surface area (Å²) in [6.45, 7) is 1.32. The molecule has 40 heavy (non-hydrogen) atoms. The van der Waals surface area contributed by atoms with Crippen molar-refractivity contribution in [3.05, 3.63) is 74.6 Å². The molecule has 0 saturated carbocycles. The van der Waals surface area contributed by atoms with E-state index in [0.717, 1.165) is 12.7 Å². The lowest BCUT2D eigenvalue weighted by Crippen LogP contribution is -2.36. The highest BCUT2D eigenvalue weighted by Crippen LogP contribution is 2.38. The molecule has 0 radical (unpaired) electrons. The number of carbonyl (C=O) groups is 1. The summed E-state index contributed by atoms with van der Waals surface area (Å²) in [6.07, 6.45) is 0.332. The van der Waals surface area contributed by atoms with Crippen LogP contribution in [0.3, 0.4) is 0 Å². The molecule has 0 unspecified atom stereocenters. The fourth-order valence-electron chi connectivity index (χ4n) is 4.41. The van der Waals surface area contributed by atoms with E-state index in [1.165, 1.54) is 27.5 Å². The second kappa shape index (κ2) is 11.6. The highest BCUT2D eigenvalue weighted by molar-refractivity contribution is 9.10.